The van der Waals surface area contributed by atoms with Crippen molar-refractivity contribution in [1.82, 2.24) is 16.0 Å². The SMILES string of the molecule is CCNC(=NCC(C)(O)c1ccco1)NCCc1cccc(C(=O)NC)c1.I. The van der Waals surface area contributed by atoms with Gasteiger partial charge in [0.25, 0.3) is 5.91 Å². The third kappa shape index (κ3) is 7.16. The number of benzene rings is 1. The van der Waals surface area contributed by atoms with E-state index in [0.29, 0.717) is 30.4 Å². The Morgan fingerprint density at radius 3 is 2.68 bits per heavy atom. The van der Waals surface area contributed by atoms with Crippen LogP contribution in [0.1, 0.15) is 35.5 Å². The molecule has 154 valence electrons. The molecule has 1 amide bonds. The van der Waals surface area contributed by atoms with Gasteiger partial charge in [0.05, 0.1) is 12.8 Å². The highest BCUT2D eigenvalue weighted by Gasteiger charge is 2.26. The smallest absolute Gasteiger partial charge is 0.251 e. The van der Waals surface area contributed by atoms with Crippen LogP contribution in [-0.4, -0.2) is 43.7 Å². The number of rotatable bonds is 8. The molecule has 1 aromatic carbocycles. The number of hydrogen-bond donors (Lipinski definition) is 4. The Bertz CT molecular complexity index is 761. The number of hydrogen-bond acceptors (Lipinski definition) is 4. The van der Waals surface area contributed by atoms with Crippen LogP contribution in [-0.2, 0) is 12.0 Å². The third-order valence-electron chi connectivity index (χ3n) is 4.06. The number of carbonyl (C=O) groups is 1. The lowest BCUT2D eigenvalue weighted by atomic mass is 10.0. The molecule has 0 spiro atoms. The number of aliphatic hydroxyl groups is 1. The zero-order valence-corrected chi connectivity index (χ0v) is 18.8. The summed E-state index contributed by atoms with van der Waals surface area (Å²) in [5.41, 5.74) is 0.528. The summed E-state index contributed by atoms with van der Waals surface area (Å²) in [6, 6.07) is 11.0. The maximum atomic E-state index is 11.7. The summed E-state index contributed by atoms with van der Waals surface area (Å²) in [7, 11) is 1.62. The molecule has 1 aromatic heterocycles. The Hall–Kier alpha value is -2.07. The Labute approximate surface area is 183 Å². The van der Waals surface area contributed by atoms with Crippen LogP contribution in [0.2, 0.25) is 0 Å². The predicted octanol–water partition coefficient (Wildman–Crippen LogP) is 2.26. The fourth-order valence-electron chi connectivity index (χ4n) is 2.58. The molecule has 1 heterocycles. The molecule has 2 rings (SSSR count). The van der Waals surface area contributed by atoms with Gasteiger partial charge in [0.15, 0.2) is 5.96 Å². The van der Waals surface area contributed by atoms with E-state index in [1.54, 1.807) is 32.2 Å². The molecule has 0 bridgehead atoms. The van der Waals surface area contributed by atoms with E-state index in [1.807, 2.05) is 25.1 Å². The number of furan rings is 1. The van der Waals surface area contributed by atoms with Crippen LogP contribution >= 0.6 is 24.0 Å². The van der Waals surface area contributed by atoms with Crippen molar-refractivity contribution in [2.45, 2.75) is 25.9 Å². The number of nitrogens with one attached hydrogen (secondary N) is 3. The number of carbonyl (C=O) groups excluding carboxylic acids is 1. The second-order valence-corrected chi connectivity index (χ2v) is 6.40. The van der Waals surface area contributed by atoms with E-state index >= 15 is 0 Å². The van der Waals surface area contributed by atoms with Crippen LogP contribution in [0.3, 0.4) is 0 Å². The van der Waals surface area contributed by atoms with Crippen molar-refractivity contribution in [1.29, 1.82) is 0 Å². The normalized spacial score (nSPS) is 13.2. The van der Waals surface area contributed by atoms with Crippen molar-refractivity contribution in [3.8, 4) is 0 Å². The van der Waals surface area contributed by atoms with E-state index in [9.17, 15) is 9.90 Å². The fourth-order valence-corrected chi connectivity index (χ4v) is 2.58. The quantitative estimate of drug-likeness (QED) is 0.253. The van der Waals surface area contributed by atoms with E-state index in [0.717, 1.165) is 12.0 Å². The van der Waals surface area contributed by atoms with Crippen LogP contribution in [0.4, 0.5) is 0 Å². The summed E-state index contributed by atoms with van der Waals surface area (Å²) >= 11 is 0. The monoisotopic (exact) mass is 500 g/mol. The van der Waals surface area contributed by atoms with Gasteiger partial charge in [0.2, 0.25) is 0 Å². The van der Waals surface area contributed by atoms with Crippen molar-refractivity contribution in [2.24, 2.45) is 4.99 Å². The second-order valence-electron chi connectivity index (χ2n) is 6.40. The summed E-state index contributed by atoms with van der Waals surface area (Å²) in [4.78, 5) is 16.2. The van der Waals surface area contributed by atoms with Gasteiger partial charge >= 0.3 is 0 Å². The van der Waals surface area contributed by atoms with Crippen LogP contribution in [0.15, 0.2) is 52.1 Å². The van der Waals surface area contributed by atoms with Gasteiger partial charge in [0.1, 0.15) is 11.4 Å². The van der Waals surface area contributed by atoms with Crippen molar-refractivity contribution in [3.63, 3.8) is 0 Å². The first kappa shape index (κ1) is 24.0. The molecule has 4 N–H and O–H groups in total. The number of nitrogens with zero attached hydrogens (tertiary/aromatic N) is 1. The molecule has 7 nitrogen and oxygen atoms in total. The Morgan fingerprint density at radius 2 is 2.04 bits per heavy atom. The van der Waals surface area contributed by atoms with Gasteiger partial charge in [-0.05, 0) is 50.1 Å². The molecule has 0 saturated carbocycles. The standard InChI is InChI=1S/C20H28N4O3.HI/c1-4-22-19(24-14-20(2,26)17-9-6-12-27-17)23-11-10-15-7-5-8-16(13-15)18(25)21-3;/h5-9,12-13,26H,4,10-11,14H2,1-3H3,(H,21,25)(H2,22,23,24);1H. The van der Waals surface area contributed by atoms with E-state index in [2.05, 4.69) is 20.9 Å². The average Bonchev–Trinajstić information content (AvgIpc) is 3.21. The van der Waals surface area contributed by atoms with E-state index in [4.69, 9.17) is 4.42 Å². The highest BCUT2D eigenvalue weighted by molar-refractivity contribution is 14.0. The van der Waals surface area contributed by atoms with Gasteiger partial charge in [-0.1, -0.05) is 12.1 Å². The molecular weight excluding hydrogens is 471 g/mol. The lowest BCUT2D eigenvalue weighted by Gasteiger charge is -2.19. The summed E-state index contributed by atoms with van der Waals surface area (Å²) < 4.78 is 5.28. The lowest BCUT2D eigenvalue weighted by molar-refractivity contribution is 0.0437. The summed E-state index contributed by atoms with van der Waals surface area (Å²) in [5, 5.41) is 19.5. The molecule has 0 aliphatic heterocycles. The molecule has 1 atom stereocenters. The molecule has 0 radical (unpaired) electrons. The van der Waals surface area contributed by atoms with Gasteiger partial charge in [0, 0.05) is 25.7 Å². The highest BCUT2D eigenvalue weighted by Crippen LogP contribution is 2.21. The number of amides is 1. The largest absolute Gasteiger partial charge is 0.466 e. The molecule has 2 aromatic rings. The first-order valence-electron chi connectivity index (χ1n) is 9.06. The highest BCUT2D eigenvalue weighted by atomic mass is 127. The molecule has 1 unspecified atom stereocenters. The maximum Gasteiger partial charge on any atom is 0.251 e. The summed E-state index contributed by atoms with van der Waals surface area (Å²) in [6.07, 6.45) is 2.27. The summed E-state index contributed by atoms with van der Waals surface area (Å²) in [6.45, 7) is 5.17. The molecule has 28 heavy (non-hydrogen) atoms. The van der Waals surface area contributed by atoms with Crippen LogP contribution in [0, 0.1) is 0 Å². The number of halogens is 1. The molecule has 0 fully saturated rings. The molecule has 0 aliphatic carbocycles. The van der Waals surface area contributed by atoms with Gasteiger partial charge in [-0.15, -0.1) is 24.0 Å². The zero-order valence-electron chi connectivity index (χ0n) is 16.5. The Morgan fingerprint density at radius 1 is 1.25 bits per heavy atom. The lowest BCUT2D eigenvalue weighted by Crippen LogP contribution is -2.39. The minimum absolute atomic E-state index is 0. The third-order valence-corrected chi connectivity index (χ3v) is 4.06. The minimum Gasteiger partial charge on any atom is -0.466 e. The average molecular weight is 500 g/mol. The van der Waals surface area contributed by atoms with Crippen molar-refractivity contribution >= 4 is 35.8 Å². The Kier molecular flexibility index (Phi) is 10.0. The number of aliphatic imine (C=N–C) groups is 1. The van der Waals surface area contributed by atoms with Gasteiger partial charge in [-0.3, -0.25) is 4.79 Å². The molecule has 0 saturated heterocycles. The molecule has 8 heteroatoms. The van der Waals surface area contributed by atoms with Crippen molar-refractivity contribution < 1.29 is 14.3 Å². The van der Waals surface area contributed by atoms with E-state index in [-0.39, 0.29) is 36.4 Å². The zero-order chi connectivity index (χ0) is 19.7. The maximum absolute atomic E-state index is 11.7. The fraction of sp³-hybridized carbons (Fsp3) is 0.400. The minimum atomic E-state index is -1.17. The predicted molar refractivity (Wildman–Crippen MR) is 121 cm³/mol. The number of guanidine groups is 1. The Balaban J connectivity index is 0.00000392. The topological polar surface area (TPSA) is 98.9 Å². The second kappa shape index (κ2) is 11.7. The van der Waals surface area contributed by atoms with Gasteiger partial charge in [-0.25, -0.2) is 4.99 Å². The van der Waals surface area contributed by atoms with E-state index in [1.165, 1.54) is 6.26 Å². The van der Waals surface area contributed by atoms with Gasteiger partial charge < -0.3 is 25.5 Å². The van der Waals surface area contributed by atoms with Crippen LogP contribution in [0.25, 0.3) is 0 Å². The van der Waals surface area contributed by atoms with Crippen LogP contribution in [0.5, 0.6) is 0 Å². The molecular formula is C20H29IN4O3. The molecule has 0 aliphatic rings. The van der Waals surface area contributed by atoms with Crippen molar-refractivity contribution in [3.05, 3.63) is 59.5 Å². The summed E-state index contributed by atoms with van der Waals surface area (Å²) in [5.74, 6) is 1.000. The van der Waals surface area contributed by atoms with Crippen LogP contribution < -0.4 is 16.0 Å². The van der Waals surface area contributed by atoms with Gasteiger partial charge in [-0.2, -0.15) is 0 Å². The first-order chi connectivity index (χ1) is 13.0. The van der Waals surface area contributed by atoms with Crippen molar-refractivity contribution in [2.75, 3.05) is 26.7 Å². The first-order valence-corrected chi connectivity index (χ1v) is 9.06. The van der Waals surface area contributed by atoms with E-state index < -0.39 is 5.60 Å².